The molecular formula is C14H19N2O2+. The highest BCUT2D eigenvalue weighted by Crippen LogP contribution is 2.22. The van der Waals surface area contributed by atoms with Crippen molar-refractivity contribution in [2.45, 2.75) is 12.6 Å². The van der Waals surface area contributed by atoms with Crippen molar-refractivity contribution in [2.24, 2.45) is 0 Å². The zero-order valence-electron chi connectivity index (χ0n) is 11.0. The first-order valence-corrected chi connectivity index (χ1v) is 5.95. The molecule has 2 aromatic rings. The minimum Gasteiger partial charge on any atom is -0.382 e. The molecule has 18 heavy (non-hydrogen) atoms. The Morgan fingerprint density at radius 3 is 2.50 bits per heavy atom. The summed E-state index contributed by atoms with van der Waals surface area (Å²) < 4.78 is 6.02. The smallest absolute Gasteiger partial charge is 0.191 e. The van der Waals surface area contributed by atoms with Crippen LogP contribution in [0.25, 0.3) is 0 Å². The highest BCUT2D eigenvalue weighted by molar-refractivity contribution is 5.25. The Balaban J connectivity index is 2.15. The van der Waals surface area contributed by atoms with Crippen molar-refractivity contribution in [3.8, 4) is 0 Å². The second-order valence-corrected chi connectivity index (χ2v) is 5.48. The van der Waals surface area contributed by atoms with Crippen molar-refractivity contribution in [3.63, 3.8) is 0 Å². The van der Waals surface area contributed by atoms with Gasteiger partial charge in [0.15, 0.2) is 5.76 Å². The molecule has 0 saturated carbocycles. The SMILES string of the molecule is C[N+](C)(C)Cc1cc(C(O)c2ccccc2)no1. The van der Waals surface area contributed by atoms with Crippen molar-refractivity contribution < 1.29 is 14.1 Å². The Morgan fingerprint density at radius 2 is 1.89 bits per heavy atom. The Bertz CT molecular complexity index is 500. The molecule has 1 N–H and O–H groups in total. The number of rotatable bonds is 4. The Kier molecular flexibility index (Phi) is 3.50. The number of nitrogens with zero attached hydrogens (tertiary/aromatic N) is 2. The van der Waals surface area contributed by atoms with Gasteiger partial charge in [0.1, 0.15) is 18.3 Å². The third-order valence-corrected chi connectivity index (χ3v) is 2.60. The normalized spacial score (nSPS) is 13.6. The van der Waals surface area contributed by atoms with Gasteiger partial charge in [0.05, 0.1) is 21.1 Å². The fourth-order valence-corrected chi connectivity index (χ4v) is 1.81. The van der Waals surface area contributed by atoms with E-state index >= 15 is 0 Å². The molecule has 1 unspecified atom stereocenters. The van der Waals surface area contributed by atoms with Crippen LogP contribution in [0.5, 0.6) is 0 Å². The Hall–Kier alpha value is -1.65. The van der Waals surface area contributed by atoms with Gasteiger partial charge < -0.3 is 14.1 Å². The molecule has 1 aromatic carbocycles. The van der Waals surface area contributed by atoms with E-state index in [1.165, 1.54) is 0 Å². The zero-order chi connectivity index (χ0) is 13.2. The molecular weight excluding hydrogens is 228 g/mol. The van der Waals surface area contributed by atoms with Gasteiger partial charge in [-0.2, -0.15) is 0 Å². The molecule has 0 fully saturated rings. The van der Waals surface area contributed by atoms with Crippen molar-refractivity contribution in [1.29, 1.82) is 0 Å². The van der Waals surface area contributed by atoms with E-state index in [1.54, 1.807) is 0 Å². The van der Waals surface area contributed by atoms with Crippen LogP contribution in [-0.4, -0.2) is 35.9 Å². The first kappa shape index (κ1) is 12.8. The summed E-state index contributed by atoms with van der Waals surface area (Å²) in [4.78, 5) is 0. The summed E-state index contributed by atoms with van der Waals surface area (Å²) >= 11 is 0. The van der Waals surface area contributed by atoms with Crippen LogP contribution in [0.3, 0.4) is 0 Å². The van der Waals surface area contributed by atoms with Crippen molar-refractivity contribution >= 4 is 0 Å². The topological polar surface area (TPSA) is 46.3 Å². The molecule has 1 heterocycles. The predicted molar refractivity (Wildman–Crippen MR) is 68.7 cm³/mol. The maximum atomic E-state index is 10.2. The number of hydrogen-bond donors (Lipinski definition) is 1. The van der Waals surface area contributed by atoms with Crippen LogP contribution < -0.4 is 0 Å². The van der Waals surface area contributed by atoms with Gasteiger partial charge in [0, 0.05) is 6.07 Å². The van der Waals surface area contributed by atoms with E-state index in [0.29, 0.717) is 5.69 Å². The van der Waals surface area contributed by atoms with Crippen LogP contribution in [0.15, 0.2) is 40.9 Å². The maximum absolute atomic E-state index is 10.2. The zero-order valence-corrected chi connectivity index (χ0v) is 11.0. The minimum atomic E-state index is -0.726. The van der Waals surface area contributed by atoms with Crippen LogP contribution in [0.4, 0.5) is 0 Å². The molecule has 0 aliphatic carbocycles. The lowest BCUT2D eigenvalue weighted by atomic mass is 10.1. The van der Waals surface area contributed by atoms with Gasteiger partial charge in [-0.3, -0.25) is 0 Å². The lowest BCUT2D eigenvalue weighted by Crippen LogP contribution is -2.33. The molecule has 96 valence electrons. The summed E-state index contributed by atoms with van der Waals surface area (Å²) in [5.41, 5.74) is 1.38. The van der Waals surface area contributed by atoms with E-state index < -0.39 is 6.10 Å². The molecule has 0 spiro atoms. The molecule has 4 heteroatoms. The van der Waals surface area contributed by atoms with Gasteiger partial charge in [-0.25, -0.2) is 0 Å². The summed E-state index contributed by atoms with van der Waals surface area (Å²) in [6, 6.07) is 11.3. The molecule has 0 aliphatic rings. The number of benzene rings is 1. The summed E-state index contributed by atoms with van der Waals surface area (Å²) in [5.74, 6) is 0.785. The first-order chi connectivity index (χ1) is 8.46. The molecule has 0 saturated heterocycles. The summed E-state index contributed by atoms with van der Waals surface area (Å²) in [7, 11) is 6.24. The molecule has 1 aromatic heterocycles. The Morgan fingerprint density at radius 1 is 1.22 bits per heavy atom. The predicted octanol–water partition coefficient (Wildman–Crippen LogP) is 1.96. The van der Waals surface area contributed by atoms with Crippen LogP contribution in [-0.2, 0) is 6.54 Å². The molecule has 1 atom stereocenters. The van der Waals surface area contributed by atoms with Gasteiger partial charge in [0.2, 0.25) is 0 Å². The monoisotopic (exact) mass is 247 g/mol. The molecule has 4 nitrogen and oxygen atoms in total. The summed E-state index contributed by atoms with van der Waals surface area (Å²) in [6.07, 6.45) is -0.726. The summed E-state index contributed by atoms with van der Waals surface area (Å²) in [6.45, 7) is 0.745. The number of quaternary nitrogens is 1. The van der Waals surface area contributed by atoms with E-state index in [4.69, 9.17) is 4.52 Å². The number of hydrogen-bond acceptors (Lipinski definition) is 3. The van der Waals surface area contributed by atoms with Gasteiger partial charge in [-0.15, -0.1) is 0 Å². The van der Waals surface area contributed by atoms with Crippen LogP contribution in [0.2, 0.25) is 0 Å². The molecule has 0 bridgehead atoms. The van der Waals surface area contributed by atoms with Gasteiger partial charge in [0.25, 0.3) is 0 Å². The fourth-order valence-electron chi connectivity index (χ4n) is 1.81. The molecule has 2 rings (SSSR count). The van der Waals surface area contributed by atoms with Gasteiger partial charge in [-0.05, 0) is 5.56 Å². The third-order valence-electron chi connectivity index (χ3n) is 2.60. The first-order valence-electron chi connectivity index (χ1n) is 5.95. The summed E-state index contributed by atoms with van der Waals surface area (Å²) in [5, 5.41) is 14.1. The largest absolute Gasteiger partial charge is 0.382 e. The quantitative estimate of drug-likeness (QED) is 0.840. The van der Waals surface area contributed by atoms with E-state index in [1.807, 2.05) is 36.4 Å². The van der Waals surface area contributed by atoms with E-state index in [2.05, 4.69) is 26.3 Å². The van der Waals surface area contributed by atoms with E-state index in [9.17, 15) is 5.11 Å². The van der Waals surface area contributed by atoms with Crippen molar-refractivity contribution in [2.75, 3.05) is 21.1 Å². The van der Waals surface area contributed by atoms with Crippen LogP contribution >= 0.6 is 0 Å². The highest BCUT2D eigenvalue weighted by atomic mass is 16.5. The van der Waals surface area contributed by atoms with Gasteiger partial charge in [-0.1, -0.05) is 35.5 Å². The highest BCUT2D eigenvalue weighted by Gasteiger charge is 2.18. The molecule has 0 radical (unpaired) electrons. The fraction of sp³-hybridized carbons (Fsp3) is 0.357. The molecule has 0 aliphatic heterocycles. The standard InChI is InChI=1S/C14H19N2O2/c1-16(2,3)10-12-9-13(15-18-12)14(17)11-7-5-4-6-8-11/h4-9,14,17H,10H2,1-3H3/q+1. The van der Waals surface area contributed by atoms with Crippen molar-refractivity contribution in [3.05, 3.63) is 53.4 Å². The van der Waals surface area contributed by atoms with E-state index in [0.717, 1.165) is 22.4 Å². The van der Waals surface area contributed by atoms with Crippen LogP contribution in [0, 0.1) is 0 Å². The average Bonchev–Trinajstić information content (AvgIpc) is 2.75. The number of aliphatic hydroxyl groups is 1. The third kappa shape index (κ3) is 3.18. The minimum absolute atomic E-state index is 0.560. The second-order valence-electron chi connectivity index (χ2n) is 5.48. The lowest BCUT2D eigenvalue weighted by molar-refractivity contribution is -0.885. The number of aliphatic hydroxyl groups excluding tert-OH is 1. The van der Waals surface area contributed by atoms with Crippen LogP contribution in [0.1, 0.15) is 23.1 Å². The average molecular weight is 247 g/mol. The van der Waals surface area contributed by atoms with Gasteiger partial charge >= 0.3 is 0 Å². The molecule has 0 amide bonds. The maximum Gasteiger partial charge on any atom is 0.191 e. The van der Waals surface area contributed by atoms with Crippen molar-refractivity contribution in [1.82, 2.24) is 5.16 Å². The second kappa shape index (κ2) is 4.92. The Labute approximate surface area is 107 Å². The lowest BCUT2D eigenvalue weighted by Gasteiger charge is -2.21. The van der Waals surface area contributed by atoms with E-state index in [-0.39, 0.29) is 0 Å². The number of aromatic nitrogens is 1.